The van der Waals surface area contributed by atoms with Crippen LogP contribution in [0, 0.1) is 6.92 Å². The van der Waals surface area contributed by atoms with Gasteiger partial charge < -0.3 is 9.87 Å². The van der Waals surface area contributed by atoms with E-state index in [1.54, 1.807) is 43.6 Å². The van der Waals surface area contributed by atoms with Crippen molar-refractivity contribution in [1.82, 2.24) is 19.5 Å². The van der Waals surface area contributed by atoms with Crippen molar-refractivity contribution in [2.45, 2.75) is 12.7 Å². The van der Waals surface area contributed by atoms with Gasteiger partial charge in [-0.2, -0.15) is 5.10 Å². The number of nitrogens with one attached hydrogen (secondary N) is 2. The molecule has 0 aliphatic rings. The fraction of sp³-hybridized carbons (Fsp3) is 0.167. The van der Waals surface area contributed by atoms with Crippen LogP contribution in [0.5, 0.6) is 0 Å². The van der Waals surface area contributed by atoms with Gasteiger partial charge in [0, 0.05) is 41.3 Å². The van der Waals surface area contributed by atoms with E-state index in [2.05, 4.69) is 36.1 Å². The predicted molar refractivity (Wildman–Crippen MR) is 119 cm³/mol. The molecule has 7 nitrogen and oxygen atoms in total. The zero-order valence-electron chi connectivity index (χ0n) is 15.4. The maximum atomic E-state index is 13.1. The molecule has 0 bridgehead atoms. The SMILES string of the molecule is CN[S+]([O-])Cc1cc(Cl)cc(C)c1NC(=O)c1cc(Br)nn1-c1ncccc1Cl. The van der Waals surface area contributed by atoms with E-state index < -0.39 is 17.3 Å². The molecule has 2 heterocycles. The molecule has 0 saturated heterocycles. The van der Waals surface area contributed by atoms with Crippen molar-refractivity contribution in [3.63, 3.8) is 0 Å². The largest absolute Gasteiger partial charge is 0.598 e. The van der Waals surface area contributed by atoms with Gasteiger partial charge in [0.1, 0.15) is 10.3 Å². The third-order valence-electron chi connectivity index (χ3n) is 3.99. The number of anilines is 1. The standard InChI is InChI=1S/C18H16BrCl2N5O2S/c1-10-6-12(20)7-11(9-29(28)22-2)16(10)24-18(27)14-8-15(19)25-26(14)17-13(21)4-3-5-23-17/h3-8,22H,9H2,1-2H3,(H,24,27). The first kappa shape index (κ1) is 22.1. The summed E-state index contributed by atoms with van der Waals surface area (Å²) in [5.74, 6) is 0.0870. The highest BCUT2D eigenvalue weighted by atomic mass is 79.9. The lowest BCUT2D eigenvalue weighted by Gasteiger charge is -2.16. The number of carbonyl (C=O) groups excluding carboxylic acids is 1. The van der Waals surface area contributed by atoms with E-state index in [1.807, 2.05) is 6.92 Å². The molecule has 3 rings (SSSR count). The number of aryl methyl sites for hydroxylation is 1. The maximum absolute atomic E-state index is 13.1. The van der Waals surface area contributed by atoms with Crippen molar-refractivity contribution < 1.29 is 9.35 Å². The van der Waals surface area contributed by atoms with Crippen molar-refractivity contribution in [2.24, 2.45) is 0 Å². The normalized spacial score (nSPS) is 12.1. The Kier molecular flexibility index (Phi) is 7.20. The number of rotatable bonds is 6. The Hall–Kier alpha value is -1.62. The molecule has 0 saturated carbocycles. The van der Waals surface area contributed by atoms with Crippen LogP contribution < -0.4 is 10.0 Å². The zero-order valence-corrected chi connectivity index (χ0v) is 19.3. The summed E-state index contributed by atoms with van der Waals surface area (Å²) < 4.78 is 16.5. The molecule has 1 amide bonds. The summed E-state index contributed by atoms with van der Waals surface area (Å²) in [6.45, 7) is 1.82. The number of hydrogen-bond donors (Lipinski definition) is 2. The highest BCUT2D eigenvalue weighted by Gasteiger charge is 2.21. The Morgan fingerprint density at radius 1 is 1.34 bits per heavy atom. The minimum Gasteiger partial charge on any atom is -0.598 e. The second kappa shape index (κ2) is 9.46. The zero-order chi connectivity index (χ0) is 21.1. The highest BCUT2D eigenvalue weighted by Crippen LogP contribution is 2.28. The molecule has 0 spiro atoms. The van der Waals surface area contributed by atoms with Crippen LogP contribution in [0.25, 0.3) is 5.82 Å². The maximum Gasteiger partial charge on any atom is 0.274 e. The molecule has 0 radical (unpaired) electrons. The third kappa shape index (κ3) is 5.11. The van der Waals surface area contributed by atoms with Gasteiger partial charge in [0.2, 0.25) is 0 Å². The molecule has 29 heavy (non-hydrogen) atoms. The number of halogens is 3. The molecule has 2 N–H and O–H groups in total. The van der Waals surface area contributed by atoms with E-state index in [-0.39, 0.29) is 11.4 Å². The molecular weight excluding hydrogens is 501 g/mol. The summed E-state index contributed by atoms with van der Waals surface area (Å²) in [6, 6.07) is 8.33. The van der Waals surface area contributed by atoms with Crippen LogP contribution >= 0.6 is 39.1 Å². The van der Waals surface area contributed by atoms with Crippen LogP contribution in [-0.4, -0.2) is 32.3 Å². The van der Waals surface area contributed by atoms with Gasteiger partial charge in [-0.15, -0.1) is 4.72 Å². The molecule has 11 heteroatoms. The third-order valence-corrected chi connectivity index (χ3v) is 5.92. The van der Waals surface area contributed by atoms with E-state index in [1.165, 1.54) is 4.68 Å². The van der Waals surface area contributed by atoms with Gasteiger partial charge in [0.25, 0.3) is 5.91 Å². The Labute approximate surface area is 189 Å². The van der Waals surface area contributed by atoms with Gasteiger partial charge in [-0.1, -0.05) is 23.2 Å². The first-order chi connectivity index (χ1) is 13.8. The van der Waals surface area contributed by atoms with Crippen LogP contribution in [-0.2, 0) is 17.1 Å². The second-order valence-corrected chi connectivity index (χ2v) is 9.02. The number of carbonyl (C=O) groups is 1. The molecule has 0 aliphatic carbocycles. The van der Waals surface area contributed by atoms with Crippen molar-refractivity contribution in [1.29, 1.82) is 0 Å². The lowest BCUT2D eigenvalue weighted by Crippen LogP contribution is -2.23. The molecular formula is C18H16BrCl2N5O2S. The van der Waals surface area contributed by atoms with Crippen LogP contribution in [0.15, 0.2) is 41.1 Å². The van der Waals surface area contributed by atoms with E-state index in [9.17, 15) is 9.35 Å². The lowest BCUT2D eigenvalue weighted by molar-refractivity contribution is 0.101. The first-order valence-electron chi connectivity index (χ1n) is 8.32. The average molecular weight is 517 g/mol. The molecule has 2 aromatic heterocycles. The second-order valence-electron chi connectivity index (χ2n) is 5.98. The van der Waals surface area contributed by atoms with Crippen molar-refractivity contribution in [3.05, 3.63) is 68.0 Å². The molecule has 0 fully saturated rings. The highest BCUT2D eigenvalue weighted by molar-refractivity contribution is 9.10. The Morgan fingerprint density at radius 3 is 2.79 bits per heavy atom. The predicted octanol–water partition coefficient (Wildman–Crippen LogP) is 4.28. The first-order valence-corrected chi connectivity index (χ1v) is 11.2. The Morgan fingerprint density at radius 2 is 2.10 bits per heavy atom. The molecule has 1 unspecified atom stereocenters. The van der Waals surface area contributed by atoms with E-state index in [0.29, 0.717) is 31.7 Å². The van der Waals surface area contributed by atoms with Crippen LogP contribution in [0.1, 0.15) is 21.6 Å². The van der Waals surface area contributed by atoms with Gasteiger partial charge in [0.05, 0.1) is 10.7 Å². The van der Waals surface area contributed by atoms with Gasteiger partial charge in [-0.05, 0) is 52.7 Å². The lowest BCUT2D eigenvalue weighted by atomic mass is 10.1. The molecule has 1 atom stereocenters. The molecule has 152 valence electrons. The monoisotopic (exact) mass is 515 g/mol. The Balaban J connectivity index is 1.99. The van der Waals surface area contributed by atoms with Gasteiger partial charge in [0.15, 0.2) is 11.6 Å². The van der Waals surface area contributed by atoms with Crippen LogP contribution in [0.2, 0.25) is 10.0 Å². The minimum atomic E-state index is -1.31. The van der Waals surface area contributed by atoms with Crippen molar-refractivity contribution in [3.8, 4) is 5.82 Å². The smallest absolute Gasteiger partial charge is 0.274 e. The van der Waals surface area contributed by atoms with Gasteiger partial charge in [-0.3, -0.25) is 4.79 Å². The number of pyridine rings is 1. The molecule has 0 aliphatic heterocycles. The van der Waals surface area contributed by atoms with Gasteiger partial charge >= 0.3 is 0 Å². The number of aromatic nitrogens is 3. The van der Waals surface area contributed by atoms with Crippen molar-refractivity contribution >= 4 is 62.1 Å². The topological polar surface area (TPSA) is 94.9 Å². The summed E-state index contributed by atoms with van der Waals surface area (Å²) in [5, 5.41) is 8.00. The van der Waals surface area contributed by atoms with Crippen molar-refractivity contribution in [2.75, 3.05) is 12.4 Å². The summed E-state index contributed by atoms with van der Waals surface area (Å²) >= 11 is 14.4. The van der Waals surface area contributed by atoms with Crippen LogP contribution in [0.4, 0.5) is 5.69 Å². The summed E-state index contributed by atoms with van der Waals surface area (Å²) in [5.41, 5.74) is 2.17. The Bertz CT molecular complexity index is 1060. The average Bonchev–Trinajstić information content (AvgIpc) is 3.06. The quantitative estimate of drug-likeness (QED) is 0.477. The fourth-order valence-corrected chi connectivity index (χ4v) is 4.23. The minimum absolute atomic E-state index is 0.183. The number of nitrogens with zero attached hydrogens (tertiary/aromatic N) is 3. The van der Waals surface area contributed by atoms with E-state index >= 15 is 0 Å². The summed E-state index contributed by atoms with van der Waals surface area (Å²) in [6.07, 6.45) is 1.56. The fourth-order valence-electron chi connectivity index (χ4n) is 2.70. The number of benzene rings is 1. The summed E-state index contributed by atoms with van der Waals surface area (Å²) in [7, 11) is 1.60. The summed E-state index contributed by atoms with van der Waals surface area (Å²) in [4.78, 5) is 17.3. The number of amides is 1. The number of hydrogen-bond acceptors (Lipinski definition) is 5. The molecule has 3 aromatic rings. The van der Waals surface area contributed by atoms with E-state index in [0.717, 1.165) is 5.56 Å². The van der Waals surface area contributed by atoms with Gasteiger partial charge in [-0.25, -0.2) is 9.67 Å². The van der Waals surface area contributed by atoms with E-state index in [4.69, 9.17) is 23.2 Å². The molecule has 1 aromatic carbocycles. The van der Waals surface area contributed by atoms with Crippen LogP contribution in [0.3, 0.4) is 0 Å².